The highest BCUT2D eigenvalue weighted by Crippen LogP contribution is 2.23. The lowest BCUT2D eigenvalue weighted by atomic mass is 10.1. The van der Waals surface area contributed by atoms with Gasteiger partial charge in [0.05, 0.1) is 16.1 Å². The Morgan fingerprint density at radius 3 is 2.73 bits per heavy atom. The van der Waals surface area contributed by atoms with Gasteiger partial charge in [0.15, 0.2) is 0 Å². The quantitative estimate of drug-likeness (QED) is 0.672. The third kappa shape index (κ3) is 6.71. The third-order valence-electron chi connectivity index (χ3n) is 5.64. The first-order valence-corrected chi connectivity index (χ1v) is 11.3. The average molecular weight is 454 g/mol. The predicted octanol–water partition coefficient (Wildman–Crippen LogP) is 2.91. The summed E-state index contributed by atoms with van der Waals surface area (Å²) in [5.41, 5.74) is 0.799. The molecule has 8 heteroatoms. The second-order valence-corrected chi connectivity index (χ2v) is 8.73. The Morgan fingerprint density at radius 1 is 1.13 bits per heavy atom. The number of hydrogen-bond donors (Lipinski definition) is 1. The number of rotatable bonds is 6. The predicted molar refractivity (Wildman–Crippen MR) is 120 cm³/mol. The number of piperidine rings is 1. The van der Waals surface area contributed by atoms with Crippen molar-refractivity contribution < 1.29 is 14.7 Å². The smallest absolute Gasteiger partial charge is 0.246 e. The van der Waals surface area contributed by atoms with E-state index in [9.17, 15) is 14.7 Å². The summed E-state index contributed by atoms with van der Waals surface area (Å²) >= 11 is 11.9. The highest BCUT2D eigenvalue weighted by molar-refractivity contribution is 6.42. The van der Waals surface area contributed by atoms with Crippen LogP contribution in [-0.4, -0.2) is 83.5 Å². The minimum Gasteiger partial charge on any atom is -0.392 e. The molecule has 0 unspecified atom stereocenters. The monoisotopic (exact) mass is 453 g/mol. The Hall–Kier alpha value is -1.60. The fraction of sp³-hybridized carbons (Fsp3) is 0.545. The molecule has 2 fully saturated rings. The highest BCUT2D eigenvalue weighted by Gasteiger charge is 2.23. The van der Waals surface area contributed by atoms with Crippen LogP contribution in [0.5, 0.6) is 0 Å². The van der Waals surface area contributed by atoms with Gasteiger partial charge in [-0.2, -0.15) is 0 Å². The lowest BCUT2D eigenvalue weighted by Crippen LogP contribution is -2.40. The maximum atomic E-state index is 12.6. The molecule has 3 rings (SSSR count). The number of likely N-dealkylation sites (tertiary alicyclic amines) is 1. The summed E-state index contributed by atoms with van der Waals surface area (Å²) in [7, 11) is 0. The van der Waals surface area contributed by atoms with Crippen molar-refractivity contribution in [2.24, 2.45) is 0 Å². The molecular formula is C22H29Cl2N3O3. The summed E-state index contributed by atoms with van der Waals surface area (Å²) in [5, 5.41) is 10.7. The summed E-state index contributed by atoms with van der Waals surface area (Å²) in [6, 6.07) is 5.21. The van der Waals surface area contributed by atoms with E-state index in [1.807, 2.05) is 4.90 Å². The van der Waals surface area contributed by atoms with Crippen molar-refractivity contribution in [3.8, 4) is 0 Å². The SMILES string of the molecule is O=C(/C=C/c1ccc(Cl)c(Cl)c1)N1CCC(=O)N(CCCN2CCC[C@@H](O)C2)CC1. The van der Waals surface area contributed by atoms with Gasteiger partial charge in [-0.15, -0.1) is 0 Å². The van der Waals surface area contributed by atoms with Gasteiger partial charge in [-0.1, -0.05) is 29.3 Å². The molecule has 164 valence electrons. The average Bonchev–Trinajstić information content (AvgIpc) is 2.91. The van der Waals surface area contributed by atoms with E-state index in [1.54, 1.807) is 29.2 Å². The minimum atomic E-state index is -0.227. The Morgan fingerprint density at radius 2 is 1.97 bits per heavy atom. The van der Waals surface area contributed by atoms with Crippen molar-refractivity contribution >= 4 is 41.1 Å². The molecule has 0 saturated carbocycles. The Labute approximate surface area is 188 Å². The lowest BCUT2D eigenvalue weighted by molar-refractivity contribution is -0.130. The normalized spacial score (nSPS) is 21.3. The maximum absolute atomic E-state index is 12.6. The number of aliphatic hydroxyl groups excluding tert-OH is 1. The van der Waals surface area contributed by atoms with Crippen molar-refractivity contribution in [1.82, 2.24) is 14.7 Å². The van der Waals surface area contributed by atoms with Gasteiger partial charge < -0.3 is 19.8 Å². The van der Waals surface area contributed by atoms with E-state index in [0.29, 0.717) is 42.6 Å². The summed E-state index contributed by atoms with van der Waals surface area (Å²) in [6.45, 7) is 4.81. The summed E-state index contributed by atoms with van der Waals surface area (Å²) in [4.78, 5) is 30.9. The molecule has 2 aliphatic heterocycles. The van der Waals surface area contributed by atoms with E-state index in [4.69, 9.17) is 23.2 Å². The van der Waals surface area contributed by atoms with Crippen LogP contribution < -0.4 is 0 Å². The van der Waals surface area contributed by atoms with Crippen LogP contribution in [0, 0.1) is 0 Å². The van der Waals surface area contributed by atoms with E-state index in [2.05, 4.69) is 4.90 Å². The zero-order chi connectivity index (χ0) is 21.5. The molecule has 1 atom stereocenters. The van der Waals surface area contributed by atoms with Gasteiger partial charge >= 0.3 is 0 Å². The molecule has 1 aromatic rings. The fourth-order valence-electron chi connectivity index (χ4n) is 3.93. The van der Waals surface area contributed by atoms with Gasteiger partial charge in [0.25, 0.3) is 0 Å². The molecule has 1 N–H and O–H groups in total. The first-order chi connectivity index (χ1) is 14.4. The van der Waals surface area contributed by atoms with E-state index in [-0.39, 0.29) is 17.9 Å². The molecule has 0 radical (unpaired) electrons. The summed E-state index contributed by atoms with van der Waals surface area (Å²) in [6.07, 6.45) is 6.12. The van der Waals surface area contributed by atoms with Crippen LogP contribution in [0.1, 0.15) is 31.2 Å². The number of halogens is 2. The number of benzene rings is 1. The van der Waals surface area contributed by atoms with Crippen molar-refractivity contribution in [3.05, 3.63) is 39.9 Å². The Bertz CT molecular complexity index is 787. The van der Waals surface area contributed by atoms with Gasteiger partial charge in [0.1, 0.15) is 0 Å². The standard InChI is InChI=1S/C22H29Cl2N3O3/c23-19-6-4-17(15-20(19)24)5-7-21(29)27-12-8-22(30)26(13-14-27)11-2-10-25-9-1-3-18(28)16-25/h4-7,15,18,28H,1-3,8-14,16H2/b7-5+/t18-/m1/s1. The number of hydrogen-bond acceptors (Lipinski definition) is 4. The molecule has 2 aliphatic rings. The van der Waals surface area contributed by atoms with E-state index in [1.165, 1.54) is 6.08 Å². The van der Waals surface area contributed by atoms with Crippen molar-refractivity contribution in [1.29, 1.82) is 0 Å². The van der Waals surface area contributed by atoms with Crippen molar-refractivity contribution in [2.45, 2.75) is 31.8 Å². The summed E-state index contributed by atoms with van der Waals surface area (Å²) in [5.74, 6) is -0.0181. The van der Waals surface area contributed by atoms with E-state index >= 15 is 0 Å². The molecule has 30 heavy (non-hydrogen) atoms. The van der Waals surface area contributed by atoms with Crippen LogP contribution in [0.2, 0.25) is 10.0 Å². The number of amides is 2. The topological polar surface area (TPSA) is 64.1 Å². The Balaban J connectivity index is 1.46. The van der Waals surface area contributed by atoms with Crippen LogP contribution in [0.15, 0.2) is 24.3 Å². The van der Waals surface area contributed by atoms with Crippen LogP contribution >= 0.6 is 23.2 Å². The molecule has 0 aromatic heterocycles. The molecule has 0 spiro atoms. The number of β-amino-alcohol motifs (C(OH)–C–C–N with tert-alkyl or cyclic N) is 1. The maximum Gasteiger partial charge on any atom is 0.246 e. The first kappa shape index (κ1) is 23.1. The van der Waals surface area contributed by atoms with Crippen LogP contribution in [0.25, 0.3) is 6.08 Å². The van der Waals surface area contributed by atoms with Gasteiger partial charge in [0.2, 0.25) is 11.8 Å². The van der Waals surface area contributed by atoms with Gasteiger partial charge in [-0.05, 0) is 56.1 Å². The van der Waals surface area contributed by atoms with E-state index in [0.717, 1.165) is 44.5 Å². The number of carbonyl (C=O) groups is 2. The highest BCUT2D eigenvalue weighted by atomic mass is 35.5. The number of nitrogens with zero attached hydrogens (tertiary/aromatic N) is 3. The molecule has 0 bridgehead atoms. The van der Waals surface area contributed by atoms with Gasteiger partial charge in [-0.25, -0.2) is 0 Å². The molecule has 2 amide bonds. The first-order valence-electron chi connectivity index (χ1n) is 10.5. The molecule has 2 saturated heterocycles. The zero-order valence-corrected chi connectivity index (χ0v) is 18.6. The van der Waals surface area contributed by atoms with Gasteiger partial charge in [0, 0.05) is 45.2 Å². The summed E-state index contributed by atoms with van der Waals surface area (Å²) < 4.78 is 0. The second kappa shape index (κ2) is 11.1. The van der Waals surface area contributed by atoms with Crippen molar-refractivity contribution in [3.63, 3.8) is 0 Å². The van der Waals surface area contributed by atoms with Gasteiger partial charge in [-0.3, -0.25) is 9.59 Å². The van der Waals surface area contributed by atoms with E-state index < -0.39 is 0 Å². The van der Waals surface area contributed by atoms with Crippen LogP contribution in [-0.2, 0) is 9.59 Å². The number of carbonyl (C=O) groups excluding carboxylic acids is 2. The minimum absolute atomic E-state index is 0.0949. The molecule has 1 aromatic carbocycles. The largest absolute Gasteiger partial charge is 0.392 e. The molecule has 6 nitrogen and oxygen atoms in total. The Kier molecular flexibility index (Phi) is 8.57. The molecular weight excluding hydrogens is 425 g/mol. The lowest BCUT2D eigenvalue weighted by Gasteiger charge is -2.30. The fourth-order valence-corrected chi connectivity index (χ4v) is 4.24. The van der Waals surface area contributed by atoms with Crippen LogP contribution in [0.3, 0.4) is 0 Å². The number of aliphatic hydroxyl groups is 1. The third-order valence-corrected chi connectivity index (χ3v) is 6.38. The molecule has 2 heterocycles. The van der Waals surface area contributed by atoms with Crippen LogP contribution in [0.4, 0.5) is 0 Å². The molecule has 0 aliphatic carbocycles. The second-order valence-electron chi connectivity index (χ2n) is 7.91. The zero-order valence-electron chi connectivity index (χ0n) is 17.1. The van der Waals surface area contributed by atoms with Crippen molar-refractivity contribution in [2.75, 3.05) is 45.8 Å².